The van der Waals surface area contributed by atoms with E-state index < -0.39 is 0 Å². The van der Waals surface area contributed by atoms with Gasteiger partial charge in [-0.3, -0.25) is 4.68 Å². The topological polar surface area (TPSA) is 41.6 Å². The first-order valence-electron chi connectivity index (χ1n) is 6.29. The summed E-state index contributed by atoms with van der Waals surface area (Å²) in [6, 6.07) is 8.12. The van der Waals surface area contributed by atoms with Crippen molar-refractivity contribution in [3.05, 3.63) is 41.7 Å². The molecule has 3 nitrogen and oxygen atoms in total. The molecule has 0 spiro atoms. The maximum Gasteiger partial charge on any atom is 0.0991 e. The van der Waals surface area contributed by atoms with Crippen molar-refractivity contribution in [1.29, 1.82) is 5.26 Å². The molecule has 3 heteroatoms. The number of hydrogen-bond acceptors (Lipinski definition) is 2. The van der Waals surface area contributed by atoms with Crippen LogP contribution in [-0.4, -0.2) is 9.78 Å². The van der Waals surface area contributed by atoms with Gasteiger partial charge in [0, 0.05) is 18.3 Å². The van der Waals surface area contributed by atoms with E-state index >= 15 is 0 Å². The summed E-state index contributed by atoms with van der Waals surface area (Å²) in [7, 11) is 0. The Hall–Kier alpha value is -2.08. The molecule has 1 aromatic heterocycles. The Labute approximate surface area is 107 Å². The summed E-state index contributed by atoms with van der Waals surface area (Å²) in [6.07, 6.45) is 6.63. The standard InChI is InChI=1S/C15H15N3/c1-11-4-13(7-16)6-14(5-11)15-8-17-18(10-15)9-12-2-3-12/h4-6,8,10,12H,2-3,9H2,1H3. The minimum absolute atomic E-state index is 0.708. The Bertz CT molecular complexity index is 615. The maximum atomic E-state index is 8.99. The largest absolute Gasteiger partial charge is 0.272 e. The molecule has 1 heterocycles. The summed E-state index contributed by atoms with van der Waals surface area (Å²) in [5.41, 5.74) is 3.99. The molecule has 1 aliphatic rings. The molecule has 0 unspecified atom stereocenters. The van der Waals surface area contributed by atoms with Crippen molar-refractivity contribution in [3.63, 3.8) is 0 Å². The lowest BCUT2D eigenvalue weighted by atomic mass is 10.0. The molecule has 1 aliphatic carbocycles. The normalized spacial score (nSPS) is 14.4. The average molecular weight is 237 g/mol. The number of aromatic nitrogens is 2. The van der Waals surface area contributed by atoms with Crippen LogP contribution in [0, 0.1) is 24.2 Å². The lowest BCUT2D eigenvalue weighted by Gasteiger charge is -2.01. The zero-order chi connectivity index (χ0) is 12.5. The van der Waals surface area contributed by atoms with E-state index in [1.54, 1.807) is 0 Å². The SMILES string of the molecule is Cc1cc(C#N)cc(-c2cnn(CC3CC3)c2)c1. The van der Waals surface area contributed by atoms with E-state index in [1.807, 2.05) is 29.9 Å². The van der Waals surface area contributed by atoms with Crippen molar-refractivity contribution in [2.75, 3.05) is 0 Å². The second kappa shape index (κ2) is 4.30. The molecule has 3 rings (SSSR count). The second-order valence-electron chi connectivity index (χ2n) is 5.09. The molecule has 0 atom stereocenters. The third-order valence-corrected chi connectivity index (χ3v) is 3.32. The number of nitrogens with zero attached hydrogens (tertiary/aromatic N) is 3. The summed E-state index contributed by atoms with van der Waals surface area (Å²) in [5, 5.41) is 13.4. The predicted molar refractivity (Wildman–Crippen MR) is 69.8 cm³/mol. The first-order chi connectivity index (χ1) is 8.74. The van der Waals surface area contributed by atoms with Gasteiger partial charge in [0.15, 0.2) is 0 Å². The fourth-order valence-corrected chi connectivity index (χ4v) is 2.19. The van der Waals surface area contributed by atoms with Gasteiger partial charge >= 0.3 is 0 Å². The third-order valence-electron chi connectivity index (χ3n) is 3.32. The number of aryl methyl sites for hydroxylation is 1. The molecule has 18 heavy (non-hydrogen) atoms. The maximum absolute atomic E-state index is 8.99. The quantitative estimate of drug-likeness (QED) is 0.823. The Balaban J connectivity index is 1.91. The number of hydrogen-bond donors (Lipinski definition) is 0. The molecule has 0 bridgehead atoms. The van der Waals surface area contributed by atoms with E-state index in [1.165, 1.54) is 12.8 Å². The van der Waals surface area contributed by atoms with Gasteiger partial charge in [-0.1, -0.05) is 6.07 Å². The molecular weight excluding hydrogens is 222 g/mol. The Morgan fingerprint density at radius 3 is 2.89 bits per heavy atom. The lowest BCUT2D eigenvalue weighted by molar-refractivity contribution is 0.563. The molecule has 0 amide bonds. The molecule has 0 saturated heterocycles. The third kappa shape index (κ3) is 2.28. The van der Waals surface area contributed by atoms with Gasteiger partial charge in [-0.2, -0.15) is 10.4 Å². The van der Waals surface area contributed by atoms with E-state index in [0.717, 1.165) is 29.2 Å². The summed E-state index contributed by atoms with van der Waals surface area (Å²) >= 11 is 0. The van der Waals surface area contributed by atoms with Crippen LogP contribution in [0.25, 0.3) is 11.1 Å². The van der Waals surface area contributed by atoms with Gasteiger partial charge in [0.1, 0.15) is 0 Å². The number of benzene rings is 1. The predicted octanol–water partition coefficient (Wildman–Crippen LogP) is 3.14. The summed E-state index contributed by atoms with van der Waals surface area (Å²) in [6.45, 7) is 3.04. The minimum Gasteiger partial charge on any atom is -0.272 e. The van der Waals surface area contributed by atoms with Gasteiger partial charge in [0.05, 0.1) is 17.8 Å². The number of nitriles is 1. The first-order valence-corrected chi connectivity index (χ1v) is 6.29. The highest BCUT2D eigenvalue weighted by Crippen LogP contribution is 2.31. The highest BCUT2D eigenvalue weighted by atomic mass is 15.3. The van der Waals surface area contributed by atoms with E-state index in [-0.39, 0.29) is 0 Å². The second-order valence-corrected chi connectivity index (χ2v) is 5.09. The molecule has 1 fully saturated rings. The van der Waals surface area contributed by atoms with Crippen LogP contribution in [0.15, 0.2) is 30.6 Å². The molecule has 90 valence electrons. The highest BCUT2D eigenvalue weighted by Gasteiger charge is 2.22. The van der Waals surface area contributed by atoms with Crippen LogP contribution >= 0.6 is 0 Å². The zero-order valence-electron chi connectivity index (χ0n) is 10.4. The van der Waals surface area contributed by atoms with Gasteiger partial charge in [-0.25, -0.2) is 0 Å². The van der Waals surface area contributed by atoms with Gasteiger partial charge in [0.2, 0.25) is 0 Å². The van der Waals surface area contributed by atoms with Crippen LogP contribution in [0.1, 0.15) is 24.0 Å². The smallest absolute Gasteiger partial charge is 0.0991 e. The highest BCUT2D eigenvalue weighted by molar-refractivity contribution is 5.64. The molecular formula is C15H15N3. The summed E-state index contributed by atoms with van der Waals surface area (Å²) < 4.78 is 2.02. The average Bonchev–Trinajstić information content (AvgIpc) is 3.04. The van der Waals surface area contributed by atoms with Crippen LogP contribution in [0.4, 0.5) is 0 Å². The Kier molecular flexibility index (Phi) is 2.64. The monoisotopic (exact) mass is 237 g/mol. The first kappa shape index (κ1) is 11.0. The van der Waals surface area contributed by atoms with E-state index in [4.69, 9.17) is 5.26 Å². The molecule has 1 aromatic carbocycles. The summed E-state index contributed by atoms with van der Waals surface area (Å²) in [5.74, 6) is 0.824. The Morgan fingerprint density at radius 2 is 2.17 bits per heavy atom. The number of rotatable bonds is 3. The van der Waals surface area contributed by atoms with Crippen molar-refractivity contribution in [2.24, 2.45) is 5.92 Å². The zero-order valence-corrected chi connectivity index (χ0v) is 10.4. The fourth-order valence-electron chi connectivity index (χ4n) is 2.19. The molecule has 0 aliphatic heterocycles. The molecule has 0 N–H and O–H groups in total. The fraction of sp³-hybridized carbons (Fsp3) is 0.333. The van der Waals surface area contributed by atoms with E-state index in [0.29, 0.717) is 5.56 Å². The molecule has 1 saturated carbocycles. The summed E-state index contributed by atoms with van der Waals surface area (Å²) in [4.78, 5) is 0. The van der Waals surface area contributed by atoms with Crippen LogP contribution in [-0.2, 0) is 6.54 Å². The van der Waals surface area contributed by atoms with Crippen LogP contribution < -0.4 is 0 Å². The van der Waals surface area contributed by atoms with Crippen molar-refractivity contribution in [1.82, 2.24) is 9.78 Å². The van der Waals surface area contributed by atoms with E-state index in [9.17, 15) is 0 Å². The van der Waals surface area contributed by atoms with Crippen molar-refractivity contribution in [3.8, 4) is 17.2 Å². The Morgan fingerprint density at radius 1 is 1.33 bits per heavy atom. The molecule has 2 aromatic rings. The van der Waals surface area contributed by atoms with Crippen molar-refractivity contribution < 1.29 is 0 Å². The van der Waals surface area contributed by atoms with Gasteiger partial charge in [0.25, 0.3) is 0 Å². The van der Waals surface area contributed by atoms with Crippen molar-refractivity contribution >= 4 is 0 Å². The molecule has 0 radical (unpaired) electrons. The van der Waals surface area contributed by atoms with Crippen LogP contribution in [0.5, 0.6) is 0 Å². The lowest BCUT2D eigenvalue weighted by Crippen LogP contribution is -1.98. The van der Waals surface area contributed by atoms with Crippen molar-refractivity contribution in [2.45, 2.75) is 26.3 Å². The minimum atomic E-state index is 0.708. The van der Waals surface area contributed by atoms with Gasteiger partial charge in [-0.15, -0.1) is 0 Å². The van der Waals surface area contributed by atoms with Gasteiger partial charge < -0.3 is 0 Å². The van der Waals surface area contributed by atoms with Crippen LogP contribution in [0.2, 0.25) is 0 Å². The van der Waals surface area contributed by atoms with E-state index in [2.05, 4.69) is 23.4 Å². The van der Waals surface area contributed by atoms with Crippen LogP contribution in [0.3, 0.4) is 0 Å². The van der Waals surface area contributed by atoms with Gasteiger partial charge in [-0.05, 0) is 48.9 Å².